The molecule has 0 aliphatic carbocycles. The second-order valence-electron chi connectivity index (χ2n) is 9.52. The van der Waals surface area contributed by atoms with E-state index in [1.165, 1.54) is 0 Å². The van der Waals surface area contributed by atoms with E-state index in [-0.39, 0.29) is 10.1 Å². The van der Waals surface area contributed by atoms with Crippen molar-refractivity contribution in [2.75, 3.05) is 13.2 Å². The smallest absolute Gasteiger partial charge is 0.192 e. The molecule has 0 aromatic carbocycles. The van der Waals surface area contributed by atoms with Crippen molar-refractivity contribution in [2.45, 2.75) is 89.9 Å². The Bertz CT molecular complexity index is 322. The molecule has 126 valence electrons. The van der Waals surface area contributed by atoms with Gasteiger partial charge in [-0.1, -0.05) is 41.5 Å². The van der Waals surface area contributed by atoms with Gasteiger partial charge in [-0.15, -0.1) is 0 Å². The minimum Gasteiger partial charge on any atom is -0.415 e. The lowest BCUT2D eigenvalue weighted by atomic mass is 10.2. The maximum absolute atomic E-state index is 6.28. The summed E-state index contributed by atoms with van der Waals surface area (Å²) in [5.74, 6) is 0. The predicted molar refractivity (Wildman–Crippen MR) is 97.0 cm³/mol. The summed E-state index contributed by atoms with van der Waals surface area (Å²) in [5.41, 5.74) is 0. The summed E-state index contributed by atoms with van der Waals surface area (Å²) < 4.78 is 12.6. The van der Waals surface area contributed by atoms with Gasteiger partial charge >= 0.3 is 0 Å². The van der Waals surface area contributed by atoms with E-state index in [0.29, 0.717) is 12.1 Å². The molecule has 1 rings (SSSR count). The van der Waals surface area contributed by atoms with Gasteiger partial charge in [0.2, 0.25) is 0 Å². The zero-order valence-electron chi connectivity index (χ0n) is 15.9. The SMILES string of the molecule is CC(C)(C)[Si](C)(C)OC[C@@H]1N[C@@H]1CO[Si](C)(C)C(C)(C)C. The normalized spacial score (nSPS) is 24.3. The largest absolute Gasteiger partial charge is 0.415 e. The van der Waals surface area contributed by atoms with Crippen molar-refractivity contribution in [3.63, 3.8) is 0 Å². The number of hydrogen-bond acceptors (Lipinski definition) is 3. The molecule has 3 nitrogen and oxygen atoms in total. The highest BCUT2D eigenvalue weighted by atomic mass is 28.4. The molecular weight excluding hydrogens is 294 g/mol. The third-order valence-electron chi connectivity index (χ3n) is 5.66. The molecule has 21 heavy (non-hydrogen) atoms. The highest BCUT2D eigenvalue weighted by Gasteiger charge is 2.44. The maximum atomic E-state index is 6.28. The van der Waals surface area contributed by atoms with Crippen molar-refractivity contribution >= 4 is 16.6 Å². The molecule has 2 atom stereocenters. The zero-order valence-corrected chi connectivity index (χ0v) is 17.9. The highest BCUT2D eigenvalue weighted by molar-refractivity contribution is 6.74. The summed E-state index contributed by atoms with van der Waals surface area (Å²) in [6.45, 7) is 24.7. The molecule has 0 saturated carbocycles. The maximum Gasteiger partial charge on any atom is 0.192 e. The molecule has 0 bridgehead atoms. The summed E-state index contributed by atoms with van der Waals surface area (Å²) in [5, 5.41) is 4.08. The van der Waals surface area contributed by atoms with Crippen molar-refractivity contribution < 1.29 is 8.85 Å². The third kappa shape index (κ3) is 5.17. The predicted octanol–water partition coefficient (Wildman–Crippen LogP) is 4.37. The van der Waals surface area contributed by atoms with Crippen molar-refractivity contribution in [3.8, 4) is 0 Å². The second-order valence-corrected chi connectivity index (χ2v) is 19.1. The topological polar surface area (TPSA) is 40.4 Å². The van der Waals surface area contributed by atoms with E-state index in [4.69, 9.17) is 8.85 Å². The van der Waals surface area contributed by atoms with Gasteiger partial charge in [-0.25, -0.2) is 0 Å². The Balaban J connectivity index is 2.34. The quantitative estimate of drug-likeness (QED) is 0.580. The molecule has 1 heterocycles. The first-order valence-electron chi connectivity index (χ1n) is 8.21. The molecule has 5 heteroatoms. The Kier molecular flexibility index (Phi) is 5.60. The van der Waals surface area contributed by atoms with Gasteiger partial charge in [0.15, 0.2) is 16.6 Å². The minimum atomic E-state index is -1.62. The fourth-order valence-corrected chi connectivity index (χ4v) is 3.64. The minimum absolute atomic E-state index is 0.287. The number of rotatable bonds is 6. The van der Waals surface area contributed by atoms with Gasteiger partial charge in [0.05, 0.1) is 13.2 Å². The molecule has 1 fully saturated rings. The van der Waals surface area contributed by atoms with Crippen LogP contribution >= 0.6 is 0 Å². The average Bonchev–Trinajstić information content (AvgIpc) is 2.99. The van der Waals surface area contributed by atoms with Crippen LogP contribution < -0.4 is 5.32 Å². The van der Waals surface area contributed by atoms with E-state index in [0.717, 1.165) is 13.2 Å². The third-order valence-corrected chi connectivity index (χ3v) is 14.7. The molecule has 1 aliphatic heterocycles. The molecule has 1 saturated heterocycles. The van der Waals surface area contributed by atoms with E-state index in [9.17, 15) is 0 Å². The van der Waals surface area contributed by atoms with Crippen LogP contribution in [0.2, 0.25) is 36.3 Å². The molecular formula is C16H37NO2Si2. The Morgan fingerprint density at radius 1 is 0.714 bits per heavy atom. The van der Waals surface area contributed by atoms with Crippen LogP contribution in [0.25, 0.3) is 0 Å². The van der Waals surface area contributed by atoms with E-state index in [1.807, 2.05) is 0 Å². The van der Waals surface area contributed by atoms with Gasteiger partial charge in [-0.2, -0.15) is 0 Å². The van der Waals surface area contributed by atoms with Crippen LogP contribution in [0.3, 0.4) is 0 Å². The van der Waals surface area contributed by atoms with Crippen LogP contribution in [0.15, 0.2) is 0 Å². The zero-order chi connectivity index (χ0) is 16.7. The first kappa shape index (κ1) is 19.4. The van der Waals surface area contributed by atoms with Crippen molar-refractivity contribution in [1.29, 1.82) is 0 Å². The van der Waals surface area contributed by atoms with Crippen molar-refractivity contribution in [1.82, 2.24) is 5.32 Å². The van der Waals surface area contributed by atoms with E-state index in [2.05, 4.69) is 73.0 Å². The fourth-order valence-electron chi connectivity index (χ4n) is 1.58. The Hall–Kier alpha value is 0.314. The van der Waals surface area contributed by atoms with Crippen LogP contribution in [0.5, 0.6) is 0 Å². The van der Waals surface area contributed by atoms with Crippen LogP contribution in [0, 0.1) is 0 Å². The fraction of sp³-hybridized carbons (Fsp3) is 1.00. The lowest BCUT2D eigenvalue weighted by molar-refractivity contribution is 0.265. The standard InChI is InChI=1S/C16H37NO2Si2/c1-15(2,3)20(7,8)18-11-13-14(17-13)12-19-21(9,10)16(4,5)6/h13-14,17H,11-12H2,1-10H3/t13-,14+. The lowest BCUT2D eigenvalue weighted by Crippen LogP contribution is -2.42. The van der Waals surface area contributed by atoms with Gasteiger partial charge in [0.25, 0.3) is 0 Å². The monoisotopic (exact) mass is 331 g/mol. The molecule has 0 amide bonds. The molecule has 1 aliphatic rings. The number of hydrogen-bond donors (Lipinski definition) is 1. The molecule has 0 radical (unpaired) electrons. The Morgan fingerprint density at radius 2 is 1.00 bits per heavy atom. The summed E-state index contributed by atoms with van der Waals surface area (Å²) in [7, 11) is -3.24. The van der Waals surface area contributed by atoms with E-state index in [1.54, 1.807) is 0 Å². The summed E-state index contributed by atoms with van der Waals surface area (Å²) in [6, 6.07) is 0.979. The van der Waals surface area contributed by atoms with E-state index < -0.39 is 16.6 Å². The van der Waals surface area contributed by atoms with Gasteiger partial charge < -0.3 is 14.2 Å². The van der Waals surface area contributed by atoms with Gasteiger partial charge in [0.1, 0.15) is 0 Å². The molecule has 0 spiro atoms. The summed E-state index contributed by atoms with van der Waals surface area (Å²) in [6.07, 6.45) is 0. The number of nitrogens with one attached hydrogen (secondary N) is 1. The van der Waals surface area contributed by atoms with Gasteiger partial charge in [-0.3, -0.25) is 0 Å². The van der Waals surface area contributed by atoms with Crippen molar-refractivity contribution in [2.24, 2.45) is 0 Å². The van der Waals surface area contributed by atoms with Crippen molar-refractivity contribution in [3.05, 3.63) is 0 Å². The Labute approximate surface area is 134 Å². The lowest BCUT2D eigenvalue weighted by Gasteiger charge is -2.36. The Morgan fingerprint density at radius 3 is 1.24 bits per heavy atom. The average molecular weight is 332 g/mol. The summed E-state index contributed by atoms with van der Waals surface area (Å²) >= 11 is 0. The molecule has 1 N–H and O–H groups in total. The highest BCUT2D eigenvalue weighted by Crippen LogP contribution is 2.38. The summed E-state index contributed by atoms with van der Waals surface area (Å²) in [4.78, 5) is 0. The van der Waals surface area contributed by atoms with Crippen LogP contribution in [-0.2, 0) is 8.85 Å². The van der Waals surface area contributed by atoms with Crippen LogP contribution in [-0.4, -0.2) is 41.9 Å². The first-order valence-corrected chi connectivity index (χ1v) is 14.0. The van der Waals surface area contributed by atoms with Crippen LogP contribution in [0.1, 0.15) is 41.5 Å². The van der Waals surface area contributed by atoms with E-state index >= 15 is 0 Å². The molecule has 0 aromatic rings. The van der Waals surface area contributed by atoms with Crippen LogP contribution in [0.4, 0.5) is 0 Å². The first-order chi connectivity index (χ1) is 9.17. The second kappa shape index (κ2) is 6.08. The molecule has 0 unspecified atom stereocenters. The molecule has 0 aromatic heterocycles. The van der Waals surface area contributed by atoms with Gasteiger partial charge in [0, 0.05) is 12.1 Å². The van der Waals surface area contributed by atoms with Gasteiger partial charge in [-0.05, 0) is 36.3 Å².